The number of rotatable bonds is 7. The summed E-state index contributed by atoms with van der Waals surface area (Å²) in [6.45, 7) is 2.59. The van der Waals surface area contributed by atoms with Crippen LogP contribution in [0.4, 0.5) is 5.82 Å². The van der Waals surface area contributed by atoms with Gasteiger partial charge in [-0.1, -0.05) is 12.1 Å². The number of fused-ring (bicyclic) bond motifs is 1. The van der Waals surface area contributed by atoms with Gasteiger partial charge in [-0.2, -0.15) is 0 Å². The molecule has 2 N–H and O–H groups in total. The number of benzene rings is 1. The molecule has 0 aliphatic heterocycles. The maximum Gasteiger partial charge on any atom is 0.420 e. The Labute approximate surface area is 166 Å². The smallest absolute Gasteiger partial charge is 0.408 e. The van der Waals surface area contributed by atoms with Gasteiger partial charge in [-0.3, -0.25) is 9.36 Å². The quantitative estimate of drug-likeness (QED) is 0.464. The molecule has 1 amide bonds. The second-order valence-corrected chi connectivity index (χ2v) is 6.45. The zero-order valence-electron chi connectivity index (χ0n) is 15.8. The van der Waals surface area contributed by atoms with E-state index in [2.05, 4.69) is 20.6 Å². The predicted molar refractivity (Wildman–Crippen MR) is 108 cm³/mol. The topological polar surface area (TPSA) is 107 Å². The maximum atomic E-state index is 12.2. The maximum absolute atomic E-state index is 12.2. The molecule has 4 rings (SSSR count). The minimum atomic E-state index is -0.548. The molecule has 9 nitrogen and oxygen atoms in total. The minimum absolute atomic E-state index is 0.0970. The van der Waals surface area contributed by atoms with Crippen LogP contribution in [0.2, 0.25) is 0 Å². The summed E-state index contributed by atoms with van der Waals surface area (Å²) in [5, 5.41) is 5.97. The van der Waals surface area contributed by atoms with Crippen molar-refractivity contribution in [1.82, 2.24) is 24.4 Å². The first-order chi connectivity index (χ1) is 14.1. The summed E-state index contributed by atoms with van der Waals surface area (Å²) < 4.78 is 8.35. The monoisotopic (exact) mass is 392 g/mol. The van der Waals surface area contributed by atoms with Gasteiger partial charge < -0.3 is 19.6 Å². The summed E-state index contributed by atoms with van der Waals surface area (Å²) in [7, 11) is 0. The first-order valence-corrected chi connectivity index (χ1v) is 9.18. The summed E-state index contributed by atoms with van der Waals surface area (Å²) in [5.41, 5.74) is 1.06. The lowest BCUT2D eigenvalue weighted by Gasteiger charge is -2.10. The minimum Gasteiger partial charge on any atom is -0.408 e. The molecule has 4 aromatic rings. The van der Waals surface area contributed by atoms with Crippen molar-refractivity contribution in [2.75, 3.05) is 18.4 Å². The van der Waals surface area contributed by atoms with Crippen molar-refractivity contribution >= 4 is 22.8 Å². The van der Waals surface area contributed by atoms with Crippen LogP contribution in [0.1, 0.15) is 5.82 Å². The van der Waals surface area contributed by atoms with Crippen molar-refractivity contribution < 1.29 is 9.21 Å². The Hall–Kier alpha value is -3.88. The second kappa shape index (κ2) is 8.01. The second-order valence-electron chi connectivity index (χ2n) is 6.45. The van der Waals surface area contributed by atoms with Crippen molar-refractivity contribution in [3.63, 3.8) is 0 Å². The first kappa shape index (κ1) is 18.5. The molecule has 0 fully saturated rings. The number of para-hydroxylation sites is 2. The molecule has 0 aliphatic rings. The molecular weight excluding hydrogens is 372 g/mol. The van der Waals surface area contributed by atoms with Crippen LogP contribution in [0.25, 0.3) is 16.9 Å². The Morgan fingerprint density at radius 2 is 1.90 bits per heavy atom. The molecule has 0 saturated carbocycles. The van der Waals surface area contributed by atoms with Crippen LogP contribution in [0.15, 0.2) is 64.1 Å². The highest BCUT2D eigenvalue weighted by Crippen LogP contribution is 2.12. The van der Waals surface area contributed by atoms with E-state index in [1.165, 1.54) is 4.57 Å². The number of carbonyl (C=O) groups excluding carboxylic acids is 1. The number of nitrogens with zero attached hydrogens (tertiary/aromatic N) is 4. The van der Waals surface area contributed by atoms with Crippen LogP contribution in [0.3, 0.4) is 0 Å². The van der Waals surface area contributed by atoms with Crippen LogP contribution >= 0.6 is 0 Å². The average molecular weight is 392 g/mol. The van der Waals surface area contributed by atoms with Gasteiger partial charge in [0.05, 0.1) is 5.52 Å². The summed E-state index contributed by atoms with van der Waals surface area (Å²) in [6.07, 6.45) is 3.82. The molecule has 0 saturated heterocycles. The van der Waals surface area contributed by atoms with Gasteiger partial charge in [-0.25, -0.2) is 14.8 Å². The summed E-state index contributed by atoms with van der Waals surface area (Å²) in [4.78, 5) is 32.9. The molecule has 0 atom stereocenters. The van der Waals surface area contributed by atoms with E-state index in [0.717, 1.165) is 5.82 Å². The SMILES string of the molecule is Cc1nc(NCCNC(=O)Cn2c(=O)oc3ccccc32)cc(-n2cccc2)n1. The number of amides is 1. The van der Waals surface area contributed by atoms with Gasteiger partial charge in [0.15, 0.2) is 5.58 Å². The standard InChI is InChI=1S/C20H20N6O3/c1-14-23-17(12-18(24-14)25-10-4-5-11-25)21-8-9-22-19(27)13-26-15-6-2-3-7-16(15)29-20(26)28/h2-7,10-12H,8-9,13H2,1H3,(H,22,27)(H,21,23,24). The number of nitrogens with one attached hydrogen (secondary N) is 2. The molecule has 0 radical (unpaired) electrons. The lowest BCUT2D eigenvalue weighted by atomic mass is 10.3. The highest BCUT2D eigenvalue weighted by molar-refractivity contribution is 5.79. The Morgan fingerprint density at radius 1 is 1.10 bits per heavy atom. The number of carbonyl (C=O) groups is 1. The first-order valence-electron chi connectivity index (χ1n) is 9.18. The molecule has 29 heavy (non-hydrogen) atoms. The van der Waals surface area contributed by atoms with E-state index in [4.69, 9.17) is 4.42 Å². The Kier molecular flexibility index (Phi) is 5.10. The van der Waals surface area contributed by atoms with E-state index in [9.17, 15) is 9.59 Å². The average Bonchev–Trinajstić information content (AvgIpc) is 3.34. The van der Waals surface area contributed by atoms with E-state index in [-0.39, 0.29) is 12.5 Å². The summed E-state index contributed by atoms with van der Waals surface area (Å²) in [6, 6.07) is 12.7. The fraction of sp³-hybridized carbons (Fsp3) is 0.200. The van der Waals surface area contributed by atoms with Gasteiger partial charge >= 0.3 is 5.76 Å². The summed E-state index contributed by atoms with van der Waals surface area (Å²) >= 11 is 0. The van der Waals surface area contributed by atoms with Crippen LogP contribution in [-0.2, 0) is 11.3 Å². The normalized spacial score (nSPS) is 10.9. The zero-order chi connectivity index (χ0) is 20.2. The molecule has 3 heterocycles. The highest BCUT2D eigenvalue weighted by atomic mass is 16.4. The van der Waals surface area contributed by atoms with Crippen LogP contribution < -0.4 is 16.4 Å². The summed E-state index contributed by atoms with van der Waals surface area (Å²) in [5.74, 6) is 1.27. The van der Waals surface area contributed by atoms with Crippen molar-refractivity contribution in [3.05, 3.63) is 71.2 Å². The number of oxazole rings is 1. The molecular formula is C20H20N6O3. The third-order valence-electron chi connectivity index (χ3n) is 4.32. The molecule has 0 spiro atoms. The number of hydrogen-bond donors (Lipinski definition) is 2. The van der Waals surface area contributed by atoms with Crippen molar-refractivity contribution in [1.29, 1.82) is 0 Å². The fourth-order valence-corrected chi connectivity index (χ4v) is 3.02. The third kappa shape index (κ3) is 4.18. The van der Waals surface area contributed by atoms with E-state index in [1.807, 2.05) is 42.1 Å². The molecule has 1 aromatic carbocycles. The van der Waals surface area contributed by atoms with Gasteiger partial charge in [0.2, 0.25) is 5.91 Å². The number of aryl methyl sites for hydroxylation is 1. The molecule has 0 aliphatic carbocycles. The van der Waals surface area contributed by atoms with Crippen molar-refractivity contribution in [2.45, 2.75) is 13.5 Å². The van der Waals surface area contributed by atoms with Crippen LogP contribution in [0, 0.1) is 6.92 Å². The van der Waals surface area contributed by atoms with E-state index in [0.29, 0.717) is 35.8 Å². The zero-order valence-corrected chi connectivity index (χ0v) is 15.8. The molecule has 148 valence electrons. The predicted octanol–water partition coefficient (Wildman–Crippen LogP) is 1.71. The number of aromatic nitrogens is 4. The van der Waals surface area contributed by atoms with Crippen LogP contribution in [0.5, 0.6) is 0 Å². The Balaban J connectivity index is 1.32. The van der Waals surface area contributed by atoms with Crippen molar-refractivity contribution in [2.24, 2.45) is 0 Å². The van der Waals surface area contributed by atoms with Crippen LogP contribution in [-0.4, -0.2) is 38.1 Å². The fourth-order valence-electron chi connectivity index (χ4n) is 3.02. The van der Waals surface area contributed by atoms with Gasteiger partial charge in [0, 0.05) is 31.5 Å². The Bertz CT molecular complexity index is 1190. The molecule has 0 bridgehead atoms. The molecule has 9 heteroatoms. The third-order valence-corrected chi connectivity index (χ3v) is 4.32. The largest absolute Gasteiger partial charge is 0.420 e. The molecule has 3 aromatic heterocycles. The van der Waals surface area contributed by atoms with Gasteiger partial charge in [0.1, 0.15) is 24.0 Å². The van der Waals surface area contributed by atoms with Gasteiger partial charge in [-0.15, -0.1) is 0 Å². The van der Waals surface area contributed by atoms with E-state index in [1.54, 1.807) is 24.3 Å². The molecule has 0 unspecified atom stereocenters. The highest BCUT2D eigenvalue weighted by Gasteiger charge is 2.12. The van der Waals surface area contributed by atoms with Gasteiger partial charge in [0.25, 0.3) is 0 Å². The number of hydrogen-bond acceptors (Lipinski definition) is 6. The lowest BCUT2D eigenvalue weighted by molar-refractivity contribution is -0.121. The van der Waals surface area contributed by atoms with E-state index >= 15 is 0 Å². The number of anilines is 1. The van der Waals surface area contributed by atoms with Gasteiger partial charge in [-0.05, 0) is 31.2 Å². The van der Waals surface area contributed by atoms with Crippen molar-refractivity contribution in [3.8, 4) is 5.82 Å². The Morgan fingerprint density at radius 3 is 2.72 bits per heavy atom. The van der Waals surface area contributed by atoms with E-state index < -0.39 is 5.76 Å². The lowest BCUT2D eigenvalue weighted by Crippen LogP contribution is -2.33.